The predicted molar refractivity (Wildman–Crippen MR) is 156 cm³/mol. The third-order valence-corrected chi connectivity index (χ3v) is 8.12. The number of benzene rings is 2. The van der Waals surface area contributed by atoms with Gasteiger partial charge >= 0.3 is 0 Å². The first kappa shape index (κ1) is 31.9. The first-order valence-electron chi connectivity index (χ1n) is 12.9. The van der Waals surface area contributed by atoms with Gasteiger partial charge in [0.05, 0.1) is 11.9 Å². The summed E-state index contributed by atoms with van der Waals surface area (Å²) >= 11 is 12.5. The van der Waals surface area contributed by atoms with Gasteiger partial charge in [0.15, 0.2) is 0 Å². The second-order valence-corrected chi connectivity index (χ2v) is 12.3. The summed E-state index contributed by atoms with van der Waals surface area (Å²) in [6.45, 7) is 8.49. The molecule has 0 fully saturated rings. The highest BCUT2D eigenvalue weighted by atomic mass is 35.5. The molecule has 0 saturated carbocycles. The van der Waals surface area contributed by atoms with Crippen LogP contribution >= 0.6 is 23.2 Å². The van der Waals surface area contributed by atoms with Crippen LogP contribution in [0.3, 0.4) is 0 Å². The van der Waals surface area contributed by atoms with E-state index in [1.165, 1.54) is 10.6 Å². The minimum absolute atomic E-state index is 0.0703. The molecule has 0 aliphatic carbocycles. The van der Waals surface area contributed by atoms with Gasteiger partial charge < -0.3 is 10.2 Å². The molecule has 210 valence electrons. The number of aryl methyl sites for hydroxylation is 2. The number of carbonyl (C=O) groups excluding carboxylic acids is 2. The Labute approximate surface area is 237 Å². The summed E-state index contributed by atoms with van der Waals surface area (Å²) in [7, 11) is -3.57. The Morgan fingerprint density at radius 1 is 1.03 bits per heavy atom. The molecule has 7 nitrogen and oxygen atoms in total. The highest BCUT2D eigenvalue weighted by Gasteiger charge is 2.29. The van der Waals surface area contributed by atoms with Crippen LogP contribution in [-0.2, 0) is 26.2 Å². The van der Waals surface area contributed by atoms with E-state index in [2.05, 4.69) is 5.32 Å². The monoisotopic (exact) mass is 583 g/mol. The van der Waals surface area contributed by atoms with Gasteiger partial charge in [-0.2, -0.15) is 0 Å². The van der Waals surface area contributed by atoms with Crippen molar-refractivity contribution < 1.29 is 18.0 Å². The van der Waals surface area contributed by atoms with E-state index in [1.807, 2.05) is 45.9 Å². The smallest absolute Gasteiger partial charge is 0.242 e. The van der Waals surface area contributed by atoms with Gasteiger partial charge in [0.25, 0.3) is 0 Å². The van der Waals surface area contributed by atoms with Crippen molar-refractivity contribution in [2.24, 2.45) is 0 Å². The molecule has 2 aromatic carbocycles. The van der Waals surface area contributed by atoms with Gasteiger partial charge in [0.1, 0.15) is 6.04 Å². The van der Waals surface area contributed by atoms with Crippen LogP contribution in [0.25, 0.3) is 0 Å². The van der Waals surface area contributed by atoms with E-state index in [0.717, 1.165) is 24.0 Å². The second kappa shape index (κ2) is 14.8. The van der Waals surface area contributed by atoms with E-state index >= 15 is 0 Å². The summed E-state index contributed by atoms with van der Waals surface area (Å²) < 4.78 is 26.6. The van der Waals surface area contributed by atoms with Crippen LogP contribution in [0.1, 0.15) is 62.6 Å². The SMILES string of the molecule is CCCCNC(=O)C(CC)N(Cc1ccc(Cl)cc1Cl)C(=O)CCCN(c1cc(C)ccc1C)S(C)(=O)=O. The molecule has 10 heteroatoms. The Hall–Kier alpha value is -2.29. The number of nitrogens with one attached hydrogen (secondary N) is 1. The average molecular weight is 585 g/mol. The van der Waals surface area contributed by atoms with Crippen LogP contribution in [0.5, 0.6) is 0 Å². The van der Waals surface area contributed by atoms with Crippen molar-refractivity contribution in [1.29, 1.82) is 0 Å². The van der Waals surface area contributed by atoms with Crippen LogP contribution in [-0.4, -0.2) is 50.5 Å². The summed E-state index contributed by atoms with van der Waals surface area (Å²) in [6, 6.07) is 10.0. The third kappa shape index (κ3) is 9.17. The fourth-order valence-corrected chi connectivity index (χ4v) is 5.71. The molecule has 2 rings (SSSR count). The van der Waals surface area contributed by atoms with Crippen molar-refractivity contribution in [2.45, 2.75) is 72.4 Å². The average Bonchev–Trinajstić information content (AvgIpc) is 2.84. The van der Waals surface area contributed by atoms with E-state index in [0.29, 0.717) is 34.3 Å². The van der Waals surface area contributed by atoms with Crippen molar-refractivity contribution in [2.75, 3.05) is 23.7 Å². The number of amides is 2. The quantitative estimate of drug-likeness (QED) is 0.281. The van der Waals surface area contributed by atoms with Gasteiger partial charge in [0.2, 0.25) is 21.8 Å². The zero-order valence-corrected chi connectivity index (χ0v) is 25.2. The molecule has 0 spiro atoms. The van der Waals surface area contributed by atoms with Crippen molar-refractivity contribution in [3.63, 3.8) is 0 Å². The summed E-state index contributed by atoms with van der Waals surface area (Å²) in [4.78, 5) is 28.1. The van der Waals surface area contributed by atoms with E-state index in [-0.39, 0.29) is 37.7 Å². The molecule has 1 unspecified atom stereocenters. The maximum Gasteiger partial charge on any atom is 0.242 e. The number of nitrogens with zero attached hydrogens (tertiary/aromatic N) is 2. The topological polar surface area (TPSA) is 86.8 Å². The van der Waals surface area contributed by atoms with Gasteiger partial charge in [0, 0.05) is 36.1 Å². The maximum atomic E-state index is 13.6. The lowest BCUT2D eigenvalue weighted by molar-refractivity contribution is -0.141. The van der Waals surface area contributed by atoms with Crippen LogP contribution in [0.15, 0.2) is 36.4 Å². The molecule has 2 amide bonds. The van der Waals surface area contributed by atoms with E-state index < -0.39 is 16.1 Å². The lowest BCUT2D eigenvalue weighted by Gasteiger charge is -2.31. The number of rotatable bonds is 14. The lowest BCUT2D eigenvalue weighted by Crippen LogP contribution is -2.49. The molecule has 0 aromatic heterocycles. The number of hydrogen-bond acceptors (Lipinski definition) is 4. The zero-order chi connectivity index (χ0) is 28.5. The Balaban J connectivity index is 2.27. The zero-order valence-electron chi connectivity index (χ0n) is 22.9. The number of halogens is 2. The second-order valence-electron chi connectivity index (χ2n) is 9.55. The molecule has 0 aliphatic heterocycles. The fraction of sp³-hybridized carbons (Fsp3) is 0.500. The minimum Gasteiger partial charge on any atom is -0.354 e. The molecule has 0 radical (unpaired) electrons. The number of sulfonamides is 1. The van der Waals surface area contributed by atoms with Crippen molar-refractivity contribution in [1.82, 2.24) is 10.2 Å². The van der Waals surface area contributed by atoms with Gasteiger partial charge in [-0.25, -0.2) is 8.42 Å². The summed E-state index contributed by atoms with van der Waals surface area (Å²) in [5.41, 5.74) is 3.06. The van der Waals surface area contributed by atoms with Crippen molar-refractivity contribution in [3.05, 3.63) is 63.1 Å². The van der Waals surface area contributed by atoms with Gasteiger partial charge in [-0.05, 0) is 68.0 Å². The highest BCUT2D eigenvalue weighted by Crippen LogP contribution is 2.26. The number of hydrogen-bond donors (Lipinski definition) is 1. The minimum atomic E-state index is -3.57. The molecule has 1 atom stereocenters. The lowest BCUT2D eigenvalue weighted by atomic mass is 10.1. The van der Waals surface area contributed by atoms with Crippen LogP contribution in [0, 0.1) is 13.8 Å². The van der Waals surface area contributed by atoms with Crippen molar-refractivity contribution >= 4 is 50.7 Å². The highest BCUT2D eigenvalue weighted by molar-refractivity contribution is 7.92. The van der Waals surface area contributed by atoms with E-state index in [4.69, 9.17) is 23.2 Å². The normalized spacial score (nSPS) is 12.2. The van der Waals surface area contributed by atoms with Gasteiger partial charge in [-0.3, -0.25) is 13.9 Å². The van der Waals surface area contributed by atoms with Gasteiger partial charge in [-0.1, -0.05) is 61.7 Å². The number of carbonyl (C=O) groups is 2. The summed E-state index contributed by atoms with van der Waals surface area (Å²) in [5, 5.41) is 3.82. The largest absolute Gasteiger partial charge is 0.354 e. The molecule has 0 saturated heterocycles. The molecule has 0 heterocycles. The van der Waals surface area contributed by atoms with Crippen LogP contribution < -0.4 is 9.62 Å². The predicted octanol–water partition coefficient (Wildman–Crippen LogP) is 5.88. The number of unbranched alkanes of at least 4 members (excludes halogenated alkanes) is 1. The molecule has 1 N–H and O–H groups in total. The molecule has 2 aromatic rings. The standard InChI is InChI=1S/C28H39Cl2N3O4S/c1-6-8-15-31-28(35)25(7-2)32(19-22-13-14-23(29)18-24(22)30)27(34)10-9-16-33(38(5,36)37)26-17-20(3)11-12-21(26)4/h11-14,17-18,25H,6-10,15-16,19H2,1-5H3,(H,31,35). The Morgan fingerprint density at radius 3 is 2.34 bits per heavy atom. The van der Waals surface area contributed by atoms with E-state index in [9.17, 15) is 18.0 Å². The van der Waals surface area contributed by atoms with Crippen molar-refractivity contribution in [3.8, 4) is 0 Å². The third-order valence-electron chi connectivity index (χ3n) is 6.36. The molecule has 0 bridgehead atoms. The van der Waals surface area contributed by atoms with E-state index in [1.54, 1.807) is 23.1 Å². The van der Waals surface area contributed by atoms with Crippen LogP contribution in [0.2, 0.25) is 10.0 Å². The Morgan fingerprint density at radius 2 is 1.74 bits per heavy atom. The summed E-state index contributed by atoms with van der Waals surface area (Å²) in [5.74, 6) is -0.463. The first-order chi connectivity index (χ1) is 17.9. The van der Waals surface area contributed by atoms with Gasteiger partial charge in [-0.15, -0.1) is 0 Å². The first-order valence-corrected chi connectivity index (χ1v) is 15.6. The fourth-order valence-electron chi connectivity index (χ4n) is 4.23. The maximum absolute atomic E-state index is 13.6. The Kier molecular flexibility index (Phi) is 12.4. The summed E-state index contributed by atoms with van der Waals surface area (Å²) in [6.07, 6.45) is 3.74. The Bertz CT molecular complexity index is 1220. The van der Waals surface area contributed by atoms with Crippen LogP contribution in [0.4, 0.5) is 5.69 Å². The molecule has 0 aliphatic rings. The molecule has 38 heavy (non-hydrogen) atoms. The molecular formula is C28H39Cl2N3O4S. The molecular weight excluding hydrogens is 545 g/mol. The number of anilines is 1.